The highest BCUT2D eigenvalue weighted by atomic mass is 32.2. The summed E-state index contributed by atoms with van der Waals surface area (Å²) in [6.45, 7) is 0. The van der Waals surface area contributed by atoms with Crippen LogP contribution in [0.3, 0.4) is 0 Å². The van der Waals surface area contributed by atoms with Crippen LogP contribution in [0.2, 0.25) is 0 Å². The summed E-state index contributed by atoms with van der Waals surface area (Å²) < 4.78 is 51.0. The molecule has 9 heteroatoms. The van der Waals surface area contributed by atoms with Crippen molar-refractivity contribution in [1.29, 1.82) is 0 Å². The number of hydrogen-bond acceptors (Lipinski definition) is 5. The molecular formula is C22H19F2N3O3S. The van der Waals surface area contributed by atoms with E-state index in [-0.39, 0.29) is 22.9 Å². The van der Waals surface area contributed by atoms with E-state index in [2.05, 4.69) is 9.35 Å². The molecule has 1 aliphatic carbocycles. The molecule has 0 spiro atoms. The maximum absolute atomic E-state index is 14.2. The molecule has 0 bridgehead atoms. The Hall–Kier alpha value is -3.33. The molecule has 0 amide bonds. The molecule has 3 aromatic rings. The Morgan fingerprint density at radius 2 is 1.94 bits per heavy atom. The summed E-state index contributed by atoms with van der Waals surface area (Å²) in [6, 6.07) is 4.58. The lowest BCUT2D eigenvalue weighted by Gasteiger charge is -2.16. The van der Waals surface area contributed by atoms with Gasteiger partial charge in [0.1, 0.15) is 5.82 Å². The molecule has 160 valence electrons. The Labute approximate surface area is 178 Å². The second-order valence-corrected chi connectivity index (χ2v) is 9.99. The number of aryl methyl sites for hydroxylation is 1. The average molecular weight is 443 g/mol. The number of benzene rings is 1. The van der Waals surface area contributed by atoms with Crippen molar-refractivity contribution in [2.24, 2.45) is 11.4 Å². The number of hydrogen-bond donors (Lipinski definition) is 0. The molecule has 0 atom stereocenters. The molecule has 6 nitrogen and oxygen atoms in total. The zero-order valence-electron chi connectivity index (χ0n) is 17.1. The normalized spacial score (nSPS) is 12.7. The Balaban J connectivity index is 1.95. The van der Waals surface area contributed by atoms with Gasteiger partial charge >= 0.3 is 0 Å². The summed E-state index contributed by atoms with van der Waals surface area (Å²) in [5.41, 5.74) is 2.38. The second kappa shape index (κ2) is 7.73. The molecule has 2 aromatic heterocycles. The molecule has 1 aliphatic rings. The van der Waals surface area contributed by atoms with E-state index in [1.165, 1.54) is 29.3 Å². The first kappa shape index (κ1) is 20.9. The molecule has 1 aromatic carbocycles. The zero-order chi connectivity index (χ0) is 22.3. The lowest BCUT2D eigenvalue weighted by Crippen LogP contribution is -2.21. The number of aromatic nitrogens is 2. The van der Waals surface area contributed by atoms with Crippen LogP contribution in [0.1, 0.15) is 11.1 Å². The van der Waals surface area contributed by atoms with Gasteiger partial charge in [-0.3, -0.25) is 4.79 Å². The van der Waals surface area contributed by atoms with E-state index in [0.717, 1.165) is 17.7 Å². The van der Waals surface area contributed by atoms with Crippen molar-refractivity contribution in [2.45, 2.75) is 6.42 Å². The average Bonchev–Trinajstić information content (AvgIpc) is 3.17. The molecule has 0 radical (unpaired) electrons. The van der Waals surface area contributed by atoms with E-state index in [1.54, 1.807) is 19.3 Å². The lowest BCUT2D eigenvalue weighted by molar-refractivity contribution is 0.437. The van der Waals surface area contributed by atoms with Crippen molar-refractivity contribution in [3.8, 4) is 22.6 Å². The van der Waals surface area contributed by atoms with Gasteiger partial charge in [-0.1, -0.05) is 12.2 Å². The molecule has 0 N–H and O–H groups in total. The molecule has 4 rings (SSSR count). The molecule has 0 aliphatic heterocycles. The summed E-state index contributed by atoms with van der Waals surface area (Å²) in [4.78, 5) is 16.7. The van der Waals surface area contributed by atoms with Crippen molar-refractivity contribution in [1.82, 2.24) is 9.55 Å². The van der Waals surface area contributed by atoms with Crippen LogP contribution < -0.4 is 10.3 Å². The highest BCUT2D eigenvalue weighted by molar-refractivity contribution is 7.92. The number of ether oxygens (including phenoxy) is 1. The Bertz CT molecular complexity index is 1410. The molecule has 0 fully saturated rings. The zero-order valence-corrected chi connectivity index (χ0v) is 17.9. The number of fused-ring (bicyclic) bond motifs is 1. The molecule has 0 saturated carbocycles. The maximum atomic E-state index is 14.2. The summed E-state index contributed by atoms with van der Waals surface area (Å²) in [5.74, 6) is -1.37. The van der Waals surface area contributed by atoms with E-state index >= 15 is 0 Å². The Morgan fingerprint density at radius 1 is 1.16 bits per heavy atom. The summed E-state index contributed by atoms with van der Waals surface area (Å²) >= 11 is 0. The van der Waals surface area contributed by atoms with E-state index in [9.17, 15) is 17.8 Å². The van der Waals surface area contributed by atoms with Crippen LogP contribution in [0, 0.1) is 11.6 Å². The van der Waals surface area contributed by atoms with Crippen LogP contribution in [-0.4, -0.2) is 26.3 Å². The molecule has 31 heavy (non-hydrogen) atoms. The van der Waals surface area contributed by atoms with E-state index in [0.29, 0.717) is 23.1 Å². The van der Waals surface area contributed by atoms with Crippen LogP contribution in [0.25, 0.3) is 17.2 Å². The summed E-state index contributed by atoms with van der Waals surface area (Å²) in [5, 5.41) is 0. The van der Waals surface area contributed by atoms with Gasteiger partial charge in [-0.15, -0.1) is 0 Å². The van der Waals surface area contributed by atoms with Crippen LogP contribution in [0.5, 0.6) is 11.5 Å². The third-order valence-corrected chi connectivity index (χ3v) is 5.32. The first-order valence-electron chi connectivity index (χ1n) is 9.32. The lowest BCUT2D eigenvalue weighted by atomic mass is 9.99. The first-order valence-corrected chi connectivity index (χ1v) is 11.6. The highest BCUT2D eigenvalue weighted by Crippen LogP contribution is 2.39. The number of nitrogens with zero attached hydrogens (tertiary/aromatic N) is 3. The van der Waals surface area contributed by atoms with Gasteiger partial charge in [0, 0.05) is 58.2 Å². The third kappa shape index (κ3) is 4.27. The summed E-state index contributed by atoms with van der Waals surface area (Å²) in [6.07, 6.45) is 10.2. The second-order valence-electron chi connectivity index (χ2n) is 7.45. The Kier molecular flexibility index (Phi) is 5.22. The summed E-state index contributed by atoms with van der Waals surface area (Å²) in [7, 11) is -0.844. The van der Waals surface area contributed by atoms with Crippen LogP contribution in [0.15, 0.2) is 51.9 Å². The van der Waals surface area contributed by atoms with Gasteiger partial charge in [0.05, 0.1) is 6.20 Å². The van der Waals surface area contributed by atoms with Crippen LogP contribution in [0.4, 0.5) is 14.6 Å². The monoisotopic (exact) mass is 443 g/mol. The van der Waals surface area contributed by atoms with Crippen LogP contribution in [-0.2, 0) is 23.2 Å². The number of halogens is 2. The minimum absolute atomic E-state index is 0.111. The van der Waals surface area contributed by atoms with Crippen molar-refractivity contribution < 1.29 is 17.7 Å². The van der Waals surface area contributed by atoms with Gasteiger partial charge in [0.2, 0.25) is 0 Å². The van der Waals surface area contributed by atoms with E-state index in [1.807, 2.05) is 12.2 Å². The standard InChI is InChI=1S/C22H19F2N3O3S/c1-27-12-17(14-5-4-6-15(14)22(27)28)16-10-21(26-31(2,3)29)25-11-20(16)30-19-8-7-13(23)9-18(19)24/h4-5,7-12H,6H2,1-3H3. The van der Waals surface area contributed by atoms with E-state index < -0.39 is 21.4 Å². The predicted molar refractivity (Wildman–Crippen MR) is 116 cm³/mol. The molecule has 0 saturated heterocycles. The largest absolute Gasteiger partial charge is 0.452 e. The van der Waals surface area contributed by atoms with Gasteiger partial charge in [-0.25, -0.2) is 18.0 Å². The first-order chi connectivity index (χ1) is 14.6. The van der Waals surface area contributed by atoms with Gasteiger partial charge in [0.25, 0.3) is 5.56 Å². The molecule has 0 unspecified atom stereocenters. The van der Waals surface area contributed by atoms with Gasteiger partial charge in [-0.2, -0.15) is 4.36 Å². The van der Waals surface area contributed by atoms with Crippen LogP contribution >= 0.6 is 0 Å². The minimum atomic E-state index is -2.48. The van der Waals surface area contributed by atoms with E-state index in [4.69, 9.17) is 4.74 Å². The highest BCUT2D eigenvalue weighted by Gasteiger charge is 2.21. The SMILES string of the molecule is Cn1cc(-c2cc(N=S(C)(C)=O)ncc2Oc2ccc(F)cc2F)c2c(c1=O)CC=C2. The Morgan fingerprint density at radius 3 is 2.65 bits per heavy atom. The van der Waals surface area contributed by atoms with Gasteiger partial charge in [-0.05, 0) is 30.2 Å². The molecule has 2 heterocycles. The fourth-order valence-electron chi connectivity index (χ4n) is 3.38. The van der Waals surface area contributed by atoms with Crippen molar-refractivity contribution >= 4 is 21.6 Å². The predicted octanol–water partition coefficient (Wildman–Crippen LogP) is 4.45. The maximum Gasteiger partial charge on any atom is 0.254 e. The fourth-order valence-corrected chi connectivity index (χ4v) is 3.93. The minimum Gasteiger partial charge on any atom is -0.452 e. The fraction of sp³-hybridized carbons (Fsp3) is 0.182. The molecular weight excluding hydrogens is 424 g/mol. The number of allylic oxidation sites excluding steroid dienone is 1. The van der Waals surface area contributed by atoms with Crippen molar-refractivity contribution in [3.05, 3.63) is 75.9 Å². The van der Waals surface area contributed by atoms with Crippen molar-refractivity contribution in [3.63, 3.8) is 0 Å². The van der Waals surface area contributed by atoms with Gasteiger partial charge < -0.3 is 9.30 Å². The quantitative estimate of drug-likeness (QED) is 0.597. The third-order valence-electron chi connectivity index (χ3n) is 4.69. The van der Waals surface area contributed by atoms with Crippen molar-refractivity contribution in [2.75, 3.05) is 12.5 Å². The number of rotatable bonds is 4. The van der Waals surface area contributed by atoms with Gasteiger partial charge in [0.15, 0.2) is 23.1 Å². The smallest absolute Gasteiger partial charge is 0.254 e. The number of pyridine rings is 2. The topological polar surface area (TPSA) is 73.6 Å².